The average molecular weight is 330 g/mol. The third kappa shape index (κ3) is 4.84. The van der Waals surface area contributed by atoms with E-state index in [1.54, 1.807) is 0 Å². The third-order valence-electron chi connectivity index (χ3n) is 5.61. The smallest absolute Gasteiger partial charge is 0.225 e. The molecule has 1 N–H and O–H groups in total. The molecule has 1 saturated carbocycles. The topological polar surface area (TPSA) is 35.6 Å². The Morgan fingerprint density at radius 3 is 2.18 bits per heavy atom. The lowest BCUT2D eigenvalue weighted by molar-refractivity contribution is -0.138. The Balaban J connectivity index is 0.00000176. The van der Waals surface area contributed by atoms with Crippen LogP contribution in [0.5, 0.6) is 0 Å². The molecule has 0 aromatic rings. The summed E-state index contributed by atoms with van der Waals surface area (Å²) in [4.78, 5) is 17.3. The SMILES string of the molecule is Cl.O=C(C1CCNCC1)N1CCN(CC2CCCCC2)CC1. The molecule has 22 heavy (non-hydrogen) atoms. The van der Waals surface area contributed by atoms with Crippen molar-refractivity contribution in [1.29, 1.82) is 0 Å². The van der Waals surface area contributed by atoms with Crippen LogP contribution in [0.2, 0.25) is 0 Å². The molecule has 0 unspecified atom stereocenters. The number of piperazine rings is 1. The van der Waals surface area contributed by atoms with Crippen LogP contribution in [0.3, 0.4) is 0 Å². The van der Waals surface area contributed by atoms with Crippen LogP contribution in [0.4, 0.5) is 0 Å². The minimum absolute atomic E-state index is 0. The standard InChI is InChI=1S/C17H31N3O.ClH/c21-17(16-6-8-18-9-7-16)20-12-10-19(11-13-20)14-15-4-2-1-3-5-15;/h15-16,18H,1-14H2;1H. The van der Waals surface area contributed by atoms with Gasteiger partial charge < -0.3 is 10.2 Å². The summed E-state index contributed by atoms with van der Waals surface area (Å²) in [6.07, 6.45) is 9.21. The molecule has 128 valence electrons. The van der Waals surface area contributed by atoms with Crippen LogP contribution in [0, 0.1) is 11.8 Å². The molecular formula is C17H32ClN3O. The predicted octanol–water partition coefficient (Wildman–Crippen LogP) is 2.13. The maximum atomic E-state index is 12.5. The molecule has 0 bridgehead atoms. The number of amides is 1. The van der Waals surface area contributed by atoms with E-state index in [1.165, 1.54) is 38.6 Å². The molecule has 0 radical (unpaired) electrons. The van der Waals surface area contributed by atoms with Crippen LogP contribution in [-0.2, 0) is 4.79 Å². The average Bonchev–Trinajstić information content (AvgIpc) is 2.57. The zero-order valence-electron chi connectivity index (χ0n) is 13.8. The molecular weight excluding hydrogens is 298 g/mol. The summed E-state index contributed by atoms with van der Waals surface area (Å²) in [5, 5.41) is 3.35. The van der Waals surface area contributed by atoms with Crippen LogP contribution in [0.15, 0.2) is 0 Å². The summed E-state index contributed by atoms with van der Waals surface area (Å²) < 4.78 is 0. The molecule has 5 heteroatoms. The van der Waals surface area contributed by atoms with E-state index in [1.807, 2.05) is 0 Å². The van der Waals surface area contributed by atoms with Crippen molar-refractivity contribution in [2.75, 3.05) is 45.8 Å². The van der Waals surface area contributed by atoms with Gasteiger partial charge in [0.05, 0.1) is 0 Å². The van der Waals surface area contributed by atoms with Gasteiger partial charge in [-0.05, 0) is 44.7 Å². The molecule has 1 aliphatic carbocycles. The molecule has 3 fully saturated rings. The van der Waals surface area contributed by atoms with Gasteiger partial charge in [0.15, 0.2) is 0 Å². The first-order valence-corrected chi connectivity index (χ1v) is 9.05. The minimum atomic E-state index is 0. The maximum absolute atomic E-state index is 12.5. The van der Waals surface area contributed by atoms with Crippen LogP contribution >= 0.6 is 12.4 Å². The van der Waals surface area contributed by atoms with Crippen LogP contribution in [0.1, 0.15) is 44.9 Å². The number of nitrogens with one attached hydrogen (secondary N) is 1. The van der Waals surface area contributed by atoms with Crippen molar-refractivity contribution in [3.63, 3.8) is 0 Å². The molecule has 3 aliphatic rings. The van der Waals surface area contributed by atoms with Gasteiger partial charge in [-0.25, -0.2) is 0 Å². The van der Waals surface area contributed by atoms with Crippen molar-refractivity contribution in [2.24, 2.45) is 11.8 Å². The summed E-state index contributed by atoms with van der Waals surface area (Å²) in [6.45, 7) is 7.39. The quantitative estimate of drug-likeness (QED) is 0.861. The molecule has 2 aliphatic heterocycles. The Hall–Kier alpha value is -0.320. The van der Waals surface area contributed by atoms with Gasteiger partial charge in [-0.15, -0.1) is 12.4 Å². The van der Waals surface area contributed by atoms with Crippen molar-refractivity contribution in [3.05, 3.63) is 0 Å². The lowest BCUT2D eigenvalue weighted by atomic mass is 9.89. The second kappa shape index (κ2) is 9.09. The second-order valence-electron chi connectivity index (χ2n) is 7.15. The Labute approximate surface area is 141 Å². The first kappa shape index (κ1) is 18.0. The molecule has 3 rings (SSSR count). The molecule has 0 atom stereocenters. The first-order valence-electron chi connectivity index (χ1n) is 9.05. The summed E-state index contributed by atoms with van der Waals surface area (Å²) in [5.74, 6) is 1.63. The highest BCUT2D eigenvalue weighted by atomic mass is 35.5. The summed E-state index contributed by atoms with van der Waals surface area (Å²) in [7, 11) is 0. The zero-order valence-corrected chi connectivity index (χ0v) is 14.6. The van der Waals surface area contributed by atoms with Gasteiger partial charge in [-0.3, -0.25) is 9.69 Å². The van der Waals surface area contributed by atoms with E-state index >= 15 is 0 Å². The van der Waals surface area contributed by atoms with Crippen LogP contribution in [0.25, 0.3) is 0 Å². The van der Waals surface area contributed by atoms with E-state index < -0.39 is 0 Å². The summed E-state index contributed by atoms with van der Waals surface area (Å²) in [5.41, 5.74) is 0. The molecule has 1 amide bonds. The van der Waals surface area contributed by atoms with Crippen molar-refractivity contribution in [3.8, 4) is 0 Å². The molecule has 0 spiro atoms. The minimum Gasteiger partial charge on any atom is -0.340 e. The molecule has 2 saturated heterocycles. The number of hydrogen-bond acceptors (Lipinski definition) is 3. The van der Waals surface area contributed by atoms with Gasteiger partial charge in [-0.2, -0.15) is 0 Å². The van der Waals surface area contributed by atoms with E-state index in [4.69, 9.17) is 0 Å². The maximum Gasteiger partial charge on any atom is 0.225 e. The highest BCUT2D eigenvalue weighted by molar-refractivity contribution is 5.85. The van der Waals surface area contributed by atoms with E-state index in [-0.39, 0.29) is 18.3 Å². The molecule has 2 heterocycles. The number of hydrogen-bond donors (Lipinski definition) is 1. The van der Waals surface area contributed by atoms with Crippen molar-refractivity contribution in [2.45, 2.75) is 44.9 Å². The molecule has 4 nitrogen and oxygen atoms in total. The number of carbonyl (C=O) groups excluding carboxylic acids is 1. The fourth-order valence-corrected chi connectivity index (χ4v) is 4.21. The second-order valence-corrected chi connectivity index (χ2v) is 7.15. The Morgan fingerprint density at radius 2 is 1.55 bits per heavy atom. The Bertz CT molecular complexity index is 333. The van der Waals surface area contributed by atoms with Gasteiger partial charge in [0.25, 0.3) is 0 Å². The highest BCUT2D eigenvalue weighted by Gasteiger charge is 2.29. The van der Waals surface area contributed by atoms with Crippen molar-refractivity contribution < 1.29 is 4.79 Å². The zero-order chi connectivity index (χ0) is 14.5. The number of halogens is 1. The molecule has 0 aromatic carbocycles. The lowest BCUT2D eigenvalue weighted by Gasteiger charge is -2.39. The summed E-state index contributed by atoms with van der Waals surface area (Å²) in [6, 6.07) is 0. The number of carbonyl (C=O) groups is 1. The number of piperidine rings is 1. The first-order chi connectivity index (χ1) is 10.3. The number of rotatable bonds is 3. The molecule has 0 aromatic heterocycles. The summed E-state index contributed by atoms with van der Waals surface area (Å²) >= 11 is 0. The third-order valence-corrected chi connectivity index (χ3v) is 5.61. The predicted molar refractivity (Wildman–Crippen MR) is 92.4 cm³/mol. The lowest BCUT2D eigenvalue weighted by Crippen LogP contribution is -2.52. The normalized spacial score (nSPS) is 25.7. The fourth-order valence-electron chi connectivity index (χ4n) is 4.21. The van der Waals surface area contributed by atoms with Gasteiger partial charge in [0, 0.05) is 38.6 Å². The van der Waals surface area contributed by atoms with E-state index in [0.717, 1.165) is 58.0 Å². The van der Waals surface area contributed by atoms with E-state index in [2.05, 4.69) is 15.1 Å². The van der Waals surface area contributed by atoms with Crippen LogP contribution < -0.4 is 5.32 Å². The Morgan fingerprint density at radius 1 is 0.909 bits per heavy atom. The number of nitrogens with zero attached hydrogens (tertiary/aromatic N) is 2. The van der Waals surface area contributed by atoms with Crippen molar-refractivity contribution >= 4 is 18.3 Å². The largest absolute Gasteiger partial charge is 0.340 e. The van der Waals surface area contributed by atoms with Gasteiger partial charge in [-0.1, -0.05) is 19.3 Å². The fraction of sp³-hybridized carbons (Fsp3) is 0.941. The monoisotopic (exact) mass is 329 g/mol. The Kier molecular flexibility index (Phi) is 7.45. The van der Waals surface area contributed by atoms with E-state index in [9.17, 15) is 4.79 Å². The van der Waals surface area contributed by atoms with Crippen molar-refractivity contribution in [1.82, 2.24) is 15.1 Å². The van der Waals surface area contributed by atoms with Gasteiger partial charge >= 0.3 is 0 Å². The van der Waals surface area contributed by atoms with Crippen LogP contribution in [-0.4, -0.2) is 61.5 Å². The van der Waals surface area contributed by atoms with Gasteiger partial charge in [0.2, 0.25) is 5.91 Å². The van der Waals surface area contributed by atoms with Gasteiger partial charge in [0.1, 0.15) is 0 Å². The highest BCUT2D eigenvalue weighted by Crippen LogP contribution is 2.25. The van der Waals surface area contributed by atoms with E-state index in [0.29, 0.717) is 5.91 Å².